The SMILES string of the molecule is CC1(C)c2ccccc2C2(c3ccccc3-c3ccccc32)c2cccc(-c3cccc(-c4nc(-c5ccccc5)nc(-c5ccccc5-c5ccccc5)n4)c3)c21. The van der Waals surface area contributed by atoms with E-state index in [1.165, 1.54) is 50.1 Å². The molecule has 1 aromatic heterocycles. The molecule has 0 saturated heterocycles. The number of aromatic nitrogens is 3. The Balaban J connectivity index is 1.13. The molecule has 3 heteroatoms. The molecule has 8 aromatic carbocycles. The summed E-state index contributed by atoms with van der Waals surface area (Å²) in [4.78, 5) is 15.5. The molecule has 11 rings (SSSR count). The first kappa shape index (κ1) is 34.1. The number of rotatable bonds is 5. The van der Waals surface area contributed by atoms with Crippen LogP contribution in [0.25, 0.3) is 67.5 Å². The van der Waals surface area contributed by atoms with Crippen LogP contribution in [0.15, 0.2) is 200 Å². The fourth-order valence-corrected chi connectivity index (χ4v) is 9.94. The maximum Gasteiger partial charge on any atom is 0.164 e. The van der Waals surface area contributed by atoms with Gasteiger partial charge in [-0.3, -0.25) is 0 Å². The molecule has 0 N–H and O–H groups in total. The van der Waals surface area contributed by atoms with Crippen LogP contribution in [0.2, 0.25) is 0 Å². The van der Waals surface area contributed by atoms with Crippen molar-refractivity contribution in [3.8, 4) is 67.5 Å². The van der Waals surface area contributed by atoms with E-state index in [-0.39, 0.29) is 5.41 Å². The Labute approximate surface area is 339 Å². The molecule has 1 heterocycles. The molecule has 0 saturated carbocycles. The fraction of sp³-hybridized carbons (Fsp3) is 0.0727. The zero-order chi connectivity index (χ0) is 38.8. The van der Waals surface area contributed by atoms with Gasteiger partial charge >= 0.3 is 0 Å². The van der Waals surface area contributed by atoms with Gasteiger partial charge in [-0.25, -0.2) is 15.0 Å². The van der Waals surface area contributed by atoms with Gasteiger partial charge in [-0.05, 0) is 72.8 Å². The Hall–Kier alpha value is -7.23. The van der Waals surface area contributed by atoms with Crippen LogP contribution in [0.5, 0.6) is 0 Å². The molecule has 0 aliphatic heterocycles. The molecular formula is C55H39N3. The second-order valence-corrected chi connectivity index (χ2v) is 15.9. The van der Waals surface area contributed by atoms with Crippen molar-refractivity contribution in [1.29, 1.82) is 0 Å². The maximum atomic E-state index is 5.25. The molecule has 0 amide bonds. The Kier molecular flexibility index (Phi) is 7.74. The van der Waals surface area contributed by atoms with Crippen LogP contribution in [-0.2, 0) is 10.8 Å². The zero-order valence-electron chi connectivity index (χ0n) is 32.4. The van der Waals surface area contributed by atoms with Crippen LogP contribution in [0, 0.1) is 0 Å². The minimum absolute atomic E-state index is 0.293. The highest BCUT2D eigenvalue weighted by atomic mass is 15.0. The lowest BCUT2D eigenvalue weighted by Crippen LogP contribution is -2.41. The molecule has 0 radical (unpaired) electrons. The summed E-state index contributed by atoms with van der Waals surface area (Å²) in [6.45, 7) is 4.79. The second kappa shape index (κ2) is 13.2. The third-order valence-corrected chi connectivity index (χ3v) is 12.4. The highest BCUT2D eigenvalue weighted by Gasteiger charge is 2.53. The topological polar surface area (TPSA) is 38.7 Å². The average molecular weight is 742 g/mol. The fourth-order valence-electron chi connectivity index (χ4n) is 9.94. The molecule has 0 atom stereocenters. The third-order valence-electron chi connectivity index (χ3n) is 12.4. The highest BCUT2D eigenvalue weighted by molar-refractivity contribution is 5.90. The van der Waals surface area contributed by atoms with Crippen molar-refractivity contribution < 1.29 is 0 Å². The van der Waals surface area contributed by atoms with E-state index in [1.807, 2.05) is 24.3 Å². The molecule has 2 aliphatic carbocycles. The number of benzene rings is 8. The molecule has 3 nitrogen and oxygen atoms in total. The molecule has 9 aromatic rings. The number of hydrogen-bond donors (Lipinski definition) is 0. The zero-order valence-corrected chi connectivity index (χ0v) is 32.4. The summed E-state index contributed by atoms with van der Waals surface area (Å²) in [7, 11) is 0. The summed E-state index contributed by atoms with van der Waals surface area (Å²) in [5.41, 5.74) is 17.3. The molecule has 0 fully saturated rings. The summed E-state index contributed by atoms with van der Waals surface area (Å²) in [5, 5.41) is 0. The molecule has 58 heavy (non-hydrogen) atoms. The van der Waals surface area contributed by atoms with Crippen molar-refractivity contribution in [2.24, 2.45) is 0 Å². The van der Waals surface area contributed by atoms with E-state index in [9.17, 15) is 0 Å². The lowest BCUT2D eigenvalue weighted by Gasteiger charge is -2.47. The molecular weight excluding hydrogens is 703 g/mol. The first-order chi connectivity index (χ1) is 28.5. The van der Waals surface area contributed by atoms with E-state index in [1.54, 1.807) is 0 Å². The minimum atomic E-state index is -0.456. The van der Waals surface area contributed by atoms with Crippen LogP contribution < -0.4 is 0 Å². The van der Waals surface area contributed by atoms with Crippen LogP contribution in [0.3, 0.4) is 0 Å². The second-order valence-electron chi connectivity index (χ2n) is 15.9. The minimum Gasteiger partial charge on any atom is -0.208 e. The first-order valence-electron chi connectivity index (χ1n) is 20.0. The lowest BCUT2D eigenvalue weighted by molar-refractivity contribution is 0.565. The molecule has 2 aliphatic rings. The van der Waals surface area contributed by atoms with Gasteiger partial charge in [0.05, 0.1) is 5.41 Å². The van der Waals surface area contributed by atoms with Gasteiger partial charge in [0, 0.05) is 22.1 Å². The van der Waals surface area contributed by atoms with E-state index in [2.05, 4.69) is 190 Å². The Morgan fingerprint density at radius 2 is 0.724 bits per heavy atom. The van der Waals surface area contributed by atoms with Gasteiger partial charge in [-0.15, -0.1) is 0 Å². The van der Waals surface area contributed by atoms with E-state index in [0.29, 0.717) is 17.5 Å². The summed E-state index contributed by atoms with van der Waals surface area (Å²) in [5.74, 6) is 1.92. The van der Waals surface area contributed by atoms with E-state index in [0.717, 1.165) is 33.4 Å². The molecule has 274 valence electrons. The summed E-state index contributed by atoms with van der Waals surface area (Å²) < 4.78 is 0. The van der Waals surface area contributed by atoms with Crippen molar-refractivity contribution in [2.75, 3.05) is 0 Å². The third kappa shape index (κ3) is 5.03. The van der Waals surface area contributed by atoms with Gasteiger partial charge in [0.15, 0.2) is 17.5 Å². The average Bonchev–Trinajstić information content (AvgIpc) is 3.59. The van der Waals surface area contributed by atoms with Crippen LogP contribution >= 0.6 is 0 Å². The quantitative estimate of drug-likeness (QED) is 0.176. The molecule has 0 unspecified atom stereocenters. The standard InChI is InChI=1S/C55H39N3/c1-54(2)47-32-15-16-33-48(47)55(45-30-13-11-26-42(45)43-27-12-14-31-46(43)55)49-34-18-29-41(50(49)54)38-23-17-24-39(35-38)52-56-51(37-21-7-4-8-22-37)57-53(58-52)44-28-10-9-25-40(44)36-19-5-3-6-20-36/h3-35H,1-2H3. The van der Waals surface area contributed by atoms with E-state index in [4.69, 9.17) is 15.0 Å². The van der Waals surface area contributed by atoms with Gasteiger partial charge in [-0.1, -0.05) is 208 Å². The number of fused-ring (bicyclic) bond motifs is 9. The van der Waals surface area contributed by atoms with Gasteiger partial charge in [0.1, 0.15) is 0 Å². The van der Waals surface area contributed by atoms with Crippen molar-refractivity contribution in [1.82, 2.24) is 15.0 Å². The highest BCUT2D eigenvalue weighted by Crippen LogP contribution is 2.63. The number of nitrogens with zero attached hydrogens (tertiary/aromatic N) is 3. The molecule has 1 spiro atoms. The predicted octanol–water partition coefficient (Wildman–Crippen LogP) is 13.2. The van der Waals surface area contributed by atoms with Crippen molar-refractivity contribution in [3.05, 3.63) is 234 Å². The van der Waals surface area contributed by atoms with E-state index >= 15 is 0 Å². The maximum absolute atomic E-state index is 5.25. The monoisotopic (exact) mass is 741 g/mol. The summed E-state index contributed by atoms with van der Waals surface area (Å²) >= 11 is 0. The van der Waals surface area contributed by atoms with Crippen molar-refractivity contribution >= 4 is 0 Å². The van der Waals surface area contributed by atoms with Gasteiger partial charge < -0.3 is 0 Å². The van der Waals surface area contributed by atoms with Gasteiger partial charge in [-0.2, -0.15) is 0 Å². The Bertz CT molecular complexity index is 2990. The number of hydrogen-bond acceptors (Lipinski definition) is 3. The first-order valence-corrected chi connectivity index (χ1v) is 20.0. The smallest absolute Gasteiger partial charge is 0.164 e. The van der Waals surface area contributed by atoms with Crippen LogP contribution in [0.1, 0.15) is 47.2 Å². The van der Waals surface area contributed by atoms with Crippen molar-refractivity contribution in [2.45, 2.75) is 24.7 Å². The summed E-state index contributed by atoms with van der Waals surface area (Å²) in [6.07, 6.45) is 0. The lowest BCUT2D eigenvalue weighted by atomic mass is 9.54. The Morgan fingerprint density at radius 1 is 0.293 bits per heavy atom. The normalized spacial score (nSPS) is 14.0. The van der Waals surface area contributed by atoms with Gasteiger partial charge in [0.2, 0.25) is 0 Å². The Morgan fingerprint density at radius 3 is 1.40 bits per heavy atom. The summed E-state index contributed by atoms with van der Waals surface area (Å²) in [6, 6.07) is 71.9. The van der Waals surface area contributed by atoms with E-state index < -0.39 is 5.41 Å². The van der Waals surface area contributed by atoms with Crippen LogP contribution in [-0.4, -0.2) is 15.0 Å². The van der Waals surface area contributed by atoms with Crippen molar-refractivity contribution in [3.63, 3.8) is 0 Å². The van der Waals surface area contributed by atoms with Crippen LogP contribution in [0.4, 0.5) is 0 Å². The largest absolute Gasteiger partial charge is 0.208 e. The van der Waals surface area contributed by atoms with Gasteiger partial charge in [0.25, 0.3) is 0 Å². The predicted molar refractivity (Wildman–Crippen MR) is 236 cm³/mol. The molecule has 0 bridgehead atoms.